The highest BCUT2D eigenvalue weighted by molar-refractivity contribution is 7.88. The Labute approximate surface area is 130 Å². The van der Waals surface area contributed by atoms with Crippen molar-refractivity contribution >= 4 is 15.9 Å². The van der Waals surface area contributed by atoms with Crippen LogP contribution in [-0.2, 0) is 27.8 Å². The fraction of sp³-hybridized carbons (Fsp3) is 0.714. The molecule has 2 aliphatic rings. The van der Waals surface area contributed by atoms with E-state index in [0.717, 1.165) is 6.54 Å². The van der Waals surface area contributed by atoms with Crippen molar-refractivity contribution in [2.75, 3.05) is 19.3 Å². The minimum absolute atomic E-state index is 0.0185. The van der Waals surface area contributed by atoms with Gasteiger partial charge in [-0.2, -0.15) is 4.31 Å². The van der Waals surface area contributed by atoms with Gasteiger partial charge in [0, 0.05) is 25.8 Å². The lowest BCUT2D eigenvalue weighted by molar-refractivity contribution is -0.120. The summed E-state index contributed by atoms with van der Waals surface area (Å²) < 4.78 is 26.9. The monoisotopic (exact) mass is 326 g/mol. The van der Waals surface area contributed by atoms with Crippen molar-refractivity contribution in [3.8, 4) is 0 Å². The molecule has 2 heterocycles. The molecular weight excluding hydrogens is 304 g/mol. The van der Waals surface area contributed by atoms with Crippen molar-refractivity contribution in [1.82, 2.24) is 19.2 Å². The van der Waals surface area contributed by atoms with Crippen LogP contribution in [0.5, 0.6) is 0 Å². The molecule has 1 aliphatic heterocycles. The van der Waals surface area contributed by atoms with Crippen LogP contribution in [-0.4, -0.2) is 47.5 Å². The first kappa shape index (κ1) is 15.5. The number of nitrogens with zero attached hydrogens (tertiary/aromatic N) is 3. The van der Waals surface area contributed by atoms with Gasteiger partial charge in [0.25, 0.3) is 0 Å². The molecule has 1 saturated carbocycles. The van der Waals surface area contributed by atoms with E-state index in [1.165, 1.54) is 23.4 Å². The van der Waals surface area contributed by atoms with E-state index < -0.39 is 10.0 Å². The molecule has 0 radical (unpaired) electrons. The summed E-state index contributed by atoms with van der Waals surface area (Å²) in [7, 11) is -3.24. The first-order chi connectivity index (χ1) is 10.3. The minimum Gasteiger partial charge on any atom is -0.355 e. The van der Waals surface area contributed by atoms with Gasteiger partial charge in [-0.3, -0.25) is 4.79 Å². The zero-order valence-corrected chi connectivity index (χ0v) is 13.8. The Morgan fingerprint density at radius 3 is 2.77 bits per heavy atom. The van der Waals surface area contributed by atoms with Crippen LogP contribution >= 0.6 is 0 Å². The van der Waals surface area contributed by atoms with Crippen LogP contribution in [0.1, 0.15) is 37.3 Å². The average Bonchev–Trinajstić information content (AvgIpc) is 3.15. The maximum absolute atomic E-state index is 11.9. The first-order valence-corrected chi connectivity index (χ1v) is 9.49. The molecule has 122 valence electrons. The summed E-state index contributed by atoms with van der Waals surface area (Å²) in [5, 5.41) is 2.92. The number of rotatable bonds is 5. The predicted octanol–water partition coefficient (Wildman–Crippen LogP) is 0.288. The summed E-state index contributed by atoms with van der Waals surface area (Å²) in [6.45, 7) is 3.60. The number of fused-ring (bicyclic) bond motifs is 1. The lowest BCUT2D eigenvalue weighted by Crippen LogP contribution is -2.40. The third-order valence-electron chi connectivity index (χ3n) is 4.28. The van der Waals surface area contributed by atoms with Crippen molar-refractivity contribution in [1.29, 1.82) is 0 Å². The molecule has 22 heavy (non-hydrogen) atoms. The van der Waals surface area contributed by atoms with E-state index in [1.807, 2.05) is 17.7 Å². The van der Waals surface area contributed by atoms with Gasteiger partial charge in [0.15, 0.2) is 0 Å². The van der Waals surface area contributed by atoms with E-state index in [1.54, 1.807) is 0 Å². The Morgan fingerprint density at radius 2 is 2.14 bits per heavy atom. The molecule has 0 aromatic carbocycles. The van der Waals surface area contributed by atoms with Crippen LogP contribution in [0, 0.1) is 5.92 Å². The number of hydrogen-bond donors (Lipinski definition) is 1. The smallest absolute Gasteiger partial charge is 0.226 e. The first-order valence-electron chi connectivity index (χ1n) is 7.64. The largest absolute Gasteiger partial charge is 0.355 e. The maximum Gasteiger partial charge on any atom is 0.226 e. The van der Waals surface area contributed by atoms with Crippen LogP contribution in [0.4, 0.5) is 0 Å². The molecular formula is C14H22N4O3S. The lowest BCUT2D eigenvalue weighted by atomic mass is 10.2. The van der Waals surface area contributed by atoms with Crippen molar-refractivity contribution in [3.05, 3.63) is 17.7 Å². The molecule has 0 unspecified atom stereocenters. The zero-order valence-electron chi connectivity index (χ0n) is 12.9. The lowest BCUT2D eigenvalue weighted by Gasteiger charge is -2.31. The summed E-state index contributed by atoms with van der Waals surface area (Å²) in [6.07, 6.45) is 5.74. The van der Waals surface area contributed by atoms with Gasteiger partial charge in [-0.25, -0.2) is 13.4 Å². The van der Waals surface area contributed by atoms with Gasteiger partial charge in [-0.15, -0.1) is 0 Å². The Bertz CT molecular complexity index is 678. The third-order valence-corrected chi connectivity index (χ3v) is 5.63. The minimum atomic E-state index is -3.24. The van der Waals surface area contributed by atoms with E-state index in [4.69, 9.17) is 0 Å². The van der Waals surface area contributed by atoms with Crippen molar-refractivity contribution in [3.63, 3.8) is 0 Å². The Hall–Kier alpha value is -1.41. The third kappa shape index (κ3) is 3.33. The summed E-state index contributed by atoms with van der Waals surface area (Å²) in [4.78, 5) is 16.4. The van der Waals surface area contributed by atoms with Crippen LogP contribution < -0.4 is 5.32 Å². The Kier molecular flexibility index (Phi) is 3.98. The highest BCUT2D eigenvalue weighted by atomic mass is 32.2. The molecule has 3 rings (SSSR count). The molecule has 7 nitrogen and oxygen atoms in total. The number of carbonyl (C=O) groups excluding carboxylic acids is 1. The molecule has 1 aliphatic carbocycles. The summed E-state index contributed by atoms with van der Waals surface area (Å²) in [6, 6.07) is -0.299. The second-order valence-corrected chi connectivity index (χ2v) is 8.19. The number of sulfonamides is 1. The number of amides is 1. The van der Waals surface area contributed by atoms with Gasteiger partial charge >= 0.3 is 0 Å². The molecule has 1 amide bonds. The molecule has 0 bridgehead atoms. The van der Waals surface area contributed by atoms with Crippen molar-refractivity contribution in [2.45, 2.75) is 38.8 Å². The number of imidazole rings is 1. The van der Waals surface area contributed by atoms with Crippen LogP contribution in [0.3, 0.4) is 0 Å². The van der Waals surface area contributed by atoms with Crippen molar-refractivity contribution < 1.29 is 13.2 Å². The Balaban J connectivity index is 1.68. The summed E-state index contributed by atoms with van der Waals surface area (Å²) in [5.74, 6) is 1.35. The molecule has 1 fully saturated rings. The van der Waals surface area contributed by atoms with Crippen LogP contribution in [0.15, 0.2) is 6.20 Å². The number of nitrogens with one attached hydrogen (secondary N) is 1. The molecule has 1 aromatic heterocycles. The number of hydrogen-bond acceptors (Lipinski definition) is 4. The second-order valence-electron chi connectivity index (χ2n) is 6.26. The fourth-order valence-electron chi connectivity index (χ4n) is 2.87. The van der Waals surface area contributed by atoms with Gasteiger partial charge in [-0.1, -0.05) is 0 Å². The van der Waals surface area contributed by atoms with Gasteiger partial charge in [0.2, 0.25) is 15.9 Å². The number of carbonyl (C=O) groups is 1. The van der Waals surface area contributed by atoms with Gasteiger partial charge in [0.1, 0.15) is 5.82 Å². The average molecular weight is 326 g/mol. The quantitative estimate of drug-likeness (QED) is 0.843. The Morgan fingerprint density at radius 1 is 1.41 bits per heavy atom. The molecule has 8 heteroatoms. The predicted molar refractivity (Wildman–Crippen MR) is 81.6 cm³/mol. The van der Waals surface area contributed by atoms with E-state index in [0.29, 0.717) is 30.5 Å². The SMILES string of the molecule is C[C@@H]1c2nc(CC(=O)NCC3CC3)cn2CCN1S(C)(=O)=O. The maximum atomic E-state index is 11.9. The second kappa shape index (κ2) is 5.66. The van der Waals surface area contributed by atoms with Crippen LogP contribution in [0.2, 0.25) is 0 Å². The van der Waals surface area contributed by atoms with Crippen molar-refractivity contribution in [2.24, 2.45) is 5.92 Å². The zero-order chi connectivity index (χ0) is 15.9. The van der Waals surface area contributed by atoms with E-state index in [2.05, 4.69) is 10.3 Å². The highest BCUT2D eigenvalue weighted by Crippen LogP contribution is 2.28. The molecule has 0 saturated heterocycles. The fourth-order valence-corrected chi connectivity index (χ4v) is 3.95. The van der Waals surface area contributed by atoms with E-state index >= 15 is 0 Å². The summed E-state index contributed by atoms with van der Waals surface area (Å²) in [5.41, 5.74) is 0.700. The van der Waals surface area contributed by atoms with Crippen LogP contribution in [0.25, 0.3) is 0 Å². The van der Waals surface area contributed by atoms with E-state index in [9.17, 15) is 13.2 Å². The highest BCUT2D eigenvalue weighted by Gasteiger charge is 2.32. The normalized spacial score (nSPS) is 22.4. The van der Waals surface area contributed by atoms with E-state index in [-0.39, 0.29) is 18.4 Å². The van der Waals surface area contributed by atoms with Gasteiger partial charge in [-0.05, 0) is 25.7 Å². The van der Waals surface area contributed by atoms with Gasteiger partial charge in [0.05, 0.1) is 24.4 Å². The molecule has 0 spiro atoms. The van der Waals surface area contributed by atoms with Gasteiger partial charge < -0.3 is 9.88 Å². The molecule has 1 atom stereocenters. The molecule has 1 aromatic rings. The topological polar surface area (TPSA) is 84.3 Å². The number of aromatic nitrogens is 2. The standard InChI is InChI=1S/C14H22N4O3S/c1-10-14-16-12(7-13(19)15-8-11-3-4-11)9-17(14)5-6-18(10)22(2,20)21/h9-11H,3-8H2,1-2H3,(H,15,19)/t10-/m1/s1. The molecule has 1 N–H and O–H groups in total. The summed E-state index contributed by atoms with van der Waals surface area (Å²) >= 11 is 0.